The Balaban J connectivity index is 2.87. The third kappa shape index (κ3) is 7.45. The minimum Gasteiger partial charge on any atom is -0.399 e. The van der Waals surface area contributed by atoms with Crippen LogP contribution >= 0.6 is 0 Å². The normalized spacial score (nSPS) is 19.3. The van der Waals surface area contributed by atoms with Gasteiger partial charge in [0.15, 0.2) is 0 Å². The van der Waals surface area contributed by atoms with E-state index < -0.39 is 0 Å². The molecule has 0 aromatic heterocycles. The Bertz CT molecular complexity index is 608. The zero-order valence-electron chi connectivity index (χ0n) is 15.7. The molecule has 0 radical (unpaired) electrons. The summed E-state index contributed by atoms with van der Waals surface area (Å²) in [4.78, 5) is 4.78. The van der Waals surface area contributed by atoms with Crippen molar-refractivity contribution >= 4 is 5.71 Å². The number of allylic oxidation sites excluding steroid dienone is 9. The van der Waals surface area contributed by atoms with Gasteiger partial charge in [0.05, 0.1) is 6.54 Å². The van der Waals surface area contributed by atoms with Crippen molar-refractivity contribution in [2.75, 3.05) is 6.54 Å². The Kier molecular flexibility index (Phi) is 8.85. The van der Waals surface area contributed by atoms with Gasteiger partial charge in [0.25, 0.3) is 0 Å². The van der Waals surface area contributed by atoms with Gasteiger partial charge in [0.1, 0.15) is 0 Å². The summed E-state index contributed by atoms with van der Waals surface area (Å²) in [7, 11) is 0. The van der Waals surface area contributed by atoms with E-state index in [0.717, 1.165) is 29.9 Å². The van der Waals surface area contributed by atoms with E-state index in [9.17, 15) is 0 Å². The van der Waals surface area contributed by atoms with Crippen molar-refractivity contribution in [2.24, 2.45) is 16.6 Å². The van der Waals surface area contributed by atoms with Gasteiger partial charge < -0.3 is 5.73 Å². The molecule has 0 saturated carbocycles. The predicted molar refractivity (Wildman–Crippen MR) is 108 cm³/mol. The molecule has 1 aliphatic carbocycles. The van der Waals surface area contributed by atoms with Gasteiger partial charge in [0.2, 0.25) is 0 Å². The Morgan fingerprint density at radius 1 is 1.33 bits per heavy atom. The highest BCUT2D eigenvalue weighted by atomic mass is 14.7. The number of hydrogen-bond acceptors (Lipinski definition) is 2. The zero-order valence-corrected chi connectivity index (χ0v) is 15.7. The minimum absolute atomic E-state index is 0.602. The molecule has 1 aliphatic rings. The number of hydrogen-bond donors (Lipinski definition) is 1. The average Bonchev–Trinajstić information content (AvgIpc) is 2.55. The summed E-state index contributed by atoms with van der Waals surface area (Å²) in [5.41, 5.74) is 11.5. The van der Waals surface area contributed by atoms with Gasteiger partial charge in [-0.3, -0.25) is 4.99 Å². The van der Waals surface area contributed by atoms with Crippen molar-refractivity contribution in [3.05, 3.63) is 71.5 Å². The van der Waals surface area contributed by atoms with Crippen LogP contribution in [0, 0.1) is 5.92 Å². The molecule has 2 N–H and O–H groups in total. The van der Waals surface area contributed by atoms with Gasteiger partial charge in [-0.05, 0) is 56.3 Å². The van der Waals surface area contributed by atoms with E-state index in [2.05, 4.69) is 32.6 Å². The minimum atomic E-state index is 0.602. The van der Waals surface area contributed by atoms with Crippen molar-refractivity contribution < 1.29 is 0 Å². The highest BCUT2D eigenvalue weighted by Gasteiger charge is 2.08. The summed E-state index contributed by atoms with van der Waals surface area (Å²) in [6.07, 6.45) is 17.8. The lowest BCUT2D eigenvalue weighted by atomic mass is 9.93. The maximum atomic E-state index is 5.83. The molecule has 0 bridgehead atoms. The largest absolute Gasteiger partial charge is 0.399 e. The van der Waals surface area contributed by atoms with Gasteiger partial charge >= 0.3 is 0 Å². The van der Waals surface area contributed by atoms with Gasteiger partial charge in [0, 0.05) is 11.4 Å². The fourth-order valence-electron chi connectivity index (χ4n) is 2.63. The van der Waals surface area contributed by atoms with Crippen molar-refractivity contribution in [3.63, 3.8) is 0 Å². The van der Waals surface area contributed by atoms with Gasteiger partial charge in [-0.25, -0.2) is 0 Å². The van der Waals surface area contributed by atoms with Gasteiger partial charge in [-0.1, -0.05) is 62.5 Å². The molecule has 2 heteroatoms. The summed E-state index contributed by atoms with van der Waals surface area (Å²) in [6.45, 7) is 13.0. The molecular weight excluding hydrogens is 292 g/mol. The first-order chi connectivity index (χ1) is 11.5. The lowest BCUT2D eigenvalue weighted by Crippen LogP contribution is -2.03. The van der Waals surface area contributed by atoms with Crippen molar-refractivity contribution in [3.8, 4) is 0 Å². The molecule has 1 rings (SSSR count). The topological polar surface area (TPSA) is 38.4 Å². The standard InChI is InChI=1S/C22H32N2/c1-6-9-21(12-13-22(23)7-2)18(5)24-16-20-11-8-10-19(15-20)14-17(3)4/h6-7,9,12-15,17H,1,8,10-11,16,23H2,2-5H3/b13-12-,19-14+,21-9+,22-7+,24-18+. The fourth-order valence-corrected chi connectivity index (χ4v) is 2.63. The quantitative estimate of drug-likeness (QED) is 0.475. The number of rotatable bonds is 7. The smallest absolute Gasteiger partial charge is 0.0606 e. The van der Waals surface area contributed by atoms with Crippen LogP contribution < -0.4 is 5.73 Å². The van der Waals surface area contributed by atoms with E-state index in [0.29, 0.717) is 5.92 Å². The first-order valence-corrected chi connectivity index (χ1v) is 8.80. The first-order valence-electron chi connectivity index (χ1n) is 8.80. The predicted octanol–water partition coefficient (Wildman–Crippen LogP) is 5.67. The van der Waals surface area contributed by atoms with E-state index in [4.69, 9.17) is 10.7 Å². The van der Waals surface area contributed by atoms with Crippen LogP contribution in [-0.4, -0.2) is 12.3 Å². The van der Waals surface area contributed by atoms with Crippen LogP contribution in [-0.2, 0) is 0 Å². The average molecular weight is 325 g/mol. The molecule has 0 unspecified atom stereocenters. The maximum Gasteiger partial charge on any atom is 0.0606 e. The molecule has 0 amide bonds. The van der Waals surface area contributed by atoms with Gasteiger partial charge in [-0.2, -0.15) is 0 Å². The molecule has 0 atom stereocenters. The second-order valence-electron chi connectivity index (χ2n) is 6.52. The number of aliphatic imine (C=N–C) groups is 1. The van der Waals surface area contributed by atoms with Crippen LogP contribution in [0.1, 0.15) is 47.0 Å². The highest BCUT2D eigenvalue weighted by Crippen LogP contribution is 2.23. The molecule has 0 aromatic carbocycles. The molecule has 2 nitrogen and oxygen atoms in total. The molecule has 130 valence electrons. The van der Waals surface area contributed by atoms with Crippen LogP contribution in [0.15, 0.2) is 76.5 Å². The van der Waals surface area contributed by atoms with Crippen LogP contribution in [0.2, 0.25) is 0 Å². The van der Waals surface area contributed by atoms with Crippen LogP contribution in [0.25, 0.3) is 0 Å². The molecule has 0 fully saturated rings. The van der Waals surface area contributed by atoms with Crippen molar-refractivity contribution in [2.45, 2.75) is 47.0 Å². The number of nitrogens with zero attached hydrogens (tertiary/aromatic N) is 1. The molecule has 0 heterocycles. The molecular formula is C22H32N2. The van der Waals surface area contributed by atoms with E-state index in [1.165, 1.54) is 24.0 Å². The Labute approximate surface area is 147 Å². The lowest BCUT2D eigenvalue weighted by Gasteiger charge is -2.15. The van der Waals surface area contributed by atoms with E-state index in [1.54, 1.807) is 6.08 Å². The Morgan fingerprint density at radius 2 is 2.08 bits per heavy atom. The summed E-state index contributed by atoms with van der Waals surface area (Å²) < 4.78 is 0. The highest BCUT2D eigenvalue weighted by molar-refractivity contribution is 6.01. The van der Waals surface area contributed by atoms with E-state index >= 15 is 0 Å². The van der Waals surface area contributed by atoms with E-state index in [-0.39, 0.29) is 0 Å². The Morgan fingerprint density at radius 3 is 2.71 bits per heavy atom. The second-order valence-corrected chi connectivity index (χ2v) is 6.52. The molecule has 0 saturated heterocycles. The summed E-state index contributed by atoms with van der Waals surface area (Å²) in [5, 5.41) is 0. The van der Waals surface area contributed by atoms with E-state index in [1.807, 2.05) is 38.2 Å². The number of nitrogens with two attached hydrogens (primary N) is 1. The summed E-state index contributed by atoms with van der Waals surface area (Å²) in [5.74, 6) is 0.602. The molecule has 0 aromatic rings. The molecule has 24 heavy (non-hydrogen) atoms. The van der Waals surface area contributed by atoms with Gasteiger partial charge in [-0.15, -0.1) is 0 Å². The third-order valence-electron chi connectivity index (χ3n) is 3.92. The molecule has 0 aliphatic heterocycles. The SMILES string of the molecule is C=C/C=C(\C=C/C(N)=C\C)C(/C)=N/CC1=C/C(=C/C(C)C)CCC1. The fraction of sp³-hybridized carbons (Fsp3) is 0.409. The van der Waals surface area contributed by atoms with Crippen molar-refractivity contribution in [1.29, 1.82) is 0 Å². The van der Waals surface area contributed by atoms with Crippen LogP contribution in [0.5, 0.6) is 0 Å². The maximum absolute atomic E-state index is 5.83. The molecule has 0 spiro atoms. The van der Waals surface area contributed by atoms with Crippen molar-refractivity contribution in [1.82, 2.24) is 0 Å². The van der Waals surface area contributed by atoms with Crippen LogP contribution in [0.3, 0.4) is 0 Å². The zero-order chi connectivity index (χ0) is 17.9. The lowest BCUT2D eigenvalue weighted by molar-refractivity contribution is 0.746. The first kappa shape index (κ1) is 20.0. The summed E-state index contributed by atoms with van der Waals surface area (Å²) in [6, 6.07) is 0. The summed E-state index contributed by atoms with van der Waals surface area (Å²) >= 11 is 0. The van der Waals surface area contributed by atoms with Crippen LogP contribution in [0.4, 0.5) is 0 Å². The second kappa shape index (κ2) is 10.6. The third-order valence-corrected chi connectivity index (χ3v) is 3.92. The Hall–Kier alpha value is -2.09. The monoisotopic (exact) mass is 324 g/mol.